The van der Waals surface area contributed by atoms with Gasteiger partial charge in [-0.15, -0.1) is 0 Å². The monoisotopic (exact) mass is 287 g/mol. The van der Waals surface area contributed by atoms with E-state index < -0.39 is 10.0 Å². The molecule has 19 heavy (non-hydrogen) atoms. The number of sulfonamides is 1. The Morgan fingerprint density at radius 2 is 1.74 bits per heavy atom. The maximum absolute atomic E-state index is 12.5. The SMILES string of the molecule is COc1ccc(S(=O)(=O)N2CC[NH2+]CC2)cc1OC. The Kier molecular flexibility index (Phi) is 4.28. The summed E-state index contributed by atoms with van der Waals surface area (Å²) in [4.78, 5) is 0.243. The lowest BCUT2D eigenvalue weighted by Crippen LogP contribution is -2.89. The van der Waals surface area contributed by atoms with Gasteiger partial charge in [-0.2, -0.15) is 4.31 Å². The zero-order valence-electron chi connectivity index (χ0n) is 11.1. The molecular formula is C12H19N2O4S+. The van der Waals surface area contributed by atoms with Gasteiger partial charge in [0.05, 0.1) is 45.3 Å². The topological polar surface area (TPSA) is 72.5 Å². The maximum atomic E-state index is 12.5. The van der Waals surface area contributed by atoms with Crippen molar-refractivity contribution in [1.29, 1.82) is 0 Å². The fraction of sp³-hybridized carbons (Fsp3) is 0.500. The molecule has 0 spiro atoms. The number of methoxy groups -OCH3 is 2. The van der Waals surface area contributed by atoms with E-state index in [1.54, 1.807) is 12.1 Å². The van der Waals surface area contributed by atoms with Crippen LogP contribution in [0.15, 0.2) is 23.1 Å². The first-order valence-corrected chi connectivity index (χ1v) is 7.57. The highest BCUT2D eigenvalue weighted by Crippen LogP contribution is 2.30. The van der Waals surface area contributed by atoms with Crippen molar-refractivity contribution in [1.82, 2.24) is 4.31 Å². The van der Waals surface area contributed by atoms with Crippen molar-refractivity contribution in [2.45, 2.75) is 4.90 Å². The molecule has 0 bridgehead atoms. The van der Waals surface area contributed by atoms with Crippen molar-refractivity contribution in [3.63, 3.8) is 0 Å². The molecule has 1 aromatic rings. The van der Waals surface area contributed by atoms with Crippen molar-refractivity contribution in [3.8, 4) is 11.5 Å². The third kappa shape index (κ3) is 2.83. The minimum atomic E-state index is -3.44. The van der Waals surface area contributed by atoms with E-state index in [2.05, 4.69) is 5.32 Å². The Morgan fingerprint density at radius 3 is 2.32 bits per heavy atom. The molecule has 7 heteroatoms. The summed E-state index contributed by atoms with van der Waals surface area (Å²) in [7, 11) is -0.431. The summed E-state index contributed by atoms with van der Waals surface area (Å²) in [5, 5.41) is 2.11. The van der Waals surface area contributed by atoms with Gasteiger partial charge < -0.3 is 14.8 Å². The van der Waals surface area contributed by atoms with E-state index >= 15 is 0 Å². The van der Waals surface area contributed by atoms with E-state index in [1.807, 2.05) is 0 Å². The molecule has 1 aromatic carbocycles. The fourth-order valence-electron chi connectivity index (χ4n) is 2.09. The van der Waals surface area contributed by atoms with Crippen LogP contribution in [0, 0.1) is 0 Å². The van der Waals surface area contributed by atoms with Crippen molar-refractivity contribution in [3.05, 3.63) is 18.2 Å². The molecule has 0 aliphatic carbocycles. The standard InChI is InChI=1S/C12H18N2O4S/c1-17-11-4-3-10(9-12(11)18-2)19(15,16)14-7-5-13-6-8-14/h3-4,9,13H,5-8H2,1-2H3/p+1. The van der Waals surface area contributed by atoms with Gasteiger partial charge in [-0.25, -0.2) is 8.42 Å². The summed E-state index contributed by atoms with van der Waals surface area (Å²) < 4.78 is 36.7. The minimum absolute atomic E-state index is 0.243. The highest BCUT2D eigenvalue weighted by molar-refractivity contribution is 7.89. The molecule has 1 fully saturated rings. The van der Waals surface area contributed by atoms with Gasteiger partial charge in [0, 0.05) is 6.07 Å². The maximum Gasteiger partial charge on any atom is 0.243 e. The van der Waals surface area contributed by atoms with Gasteiger partial charge in [0.1, 0.15) is 0 Å². The second kappa shape index (κ2) is 5.77. The second-order valence-electron chi connectivity index (χ2n) is 4.29. The summed E-state index contributed by atoms with van der Waals surface area (Å²) in [6.45, 7) is 2.67. The van der Waals surface area contributed by atoms with Gasteiger partial charge in [-0.1, -0.05) is 0 Å². The molecule has 0 amide bonds. The zero-order chi connectivity index (χ0) is 13.9. The lowest BCUT2D eigenvalue weighted by atomic mass is 10.3. The Labute approximate surface area is 113 Å². The third-order valence-corrected chi connectivity index (χ3v) is 5.05. The molecule has 2 rings (SSSR count). The molecule has 0 saturated carbocycles. The number of hydrogen-bond donors (Lipinski definition) is 1. The molecule has 1 aliphatic rings. The van der Waals surface area contributed by atoms with Gasteiger partial charge in [-0.3, -0.25) is 0 Å². The van der Waals surface area contributed by atoms with E-state index in [0.29, 0.717) is 24.6 Å². The minimum Gasteiger partial charge on any atom is -0.493 e. The van der Waals surface area contributed by atoms with Crippen LogP contribution in [0.1, 0.15) is 0 Å². The number of nitrogens with two attached hydrogens (primary N) is 1. The van der Waals surface area contributed by atoms with Crippen molar-refractivity contribution in [2.24, 2.45) is 0 Å². The van der Waals surface area contributed by atoms with Crippen LogP contribution in [-0.4, -0.2) is 53.1 Å². The van der Waals surface area contributed by atoms with Crippen LogP contribution in [-0.2, 0) is 10.0 Å². The number of benzene rings is 1. The van der Waals surface area contributed by atoms with Crippen LogP contribution in [0.25, 0.3) is 0 Å². The van der Waals surface area contributed by atoms with Gasteiger partial charge in [0.25, 0.3) is 0 Å². The van der Waals surface area contributed by atoms with Crippen molar-refractivity contribution in [2.75, 3.05) is 40.4 Å². The quantitative estimate of drug-likeness (QED) is 0.792. The van der Waals surface area contributed by atoms with Crippen molar-refractivity contribution >= 4 is 10.0 Å². The van der Waals surface area contributed by atoms with E-state index in [-0.39, 0.29) is 4.90 Å². The Morgan fingerprint density at radius 1 is 1.11 bits per heavy atom. The van der Waals surface area contributed by atoms with Crippen molar-refractivity contribution < 1.29 is 23.2 Å². The van der Waals surface area contributed by atoms with Crippen LogP contribution in [0.3, 0.4) is 0 Å². The first-order chi connectivity index (χ1) is 9.09. The summed E-state index contributed by atoms with van der Waals surface area (Å²) in [5.74, 6) is 0.945. The second-order valence-corrected chi connectivity index (χ2v) is 6.22. The Bertz CT molecular complexity index is 539. The number of ether oxygens (including phenoxy) is 2. The average molecular weight is 287 g/mol. The normalized spacial score (nSPS) is 17.2. The van der Waals surface area contributed by atoms with Crippen LogP contribution in [0.2, 0.25) is 0 Å². The molecule has 1 saturated heterocycles. The van der Waals surface area contributed by atoms with Gasteiger partial charge in [0.15, 0.2) is 11.5 Å². The lowest BCUT2D eigenvalue weighted by molar-refractivity contribution is -0.661. The average Bonchev–Trinajstić information content (AvgIpc) is 2.47. The van der Waals surface area contributed by atoms with Gasteiger partial charge >= 0.3 is 0 Å². The van der Waals surface area contributed by atoms with Crippen LogP contribution in [0.4, 0.5) is 0 Å². The lowest BCUT2D eigenvalue weighted by Gasteiger charge is -2.24. The number of hydrogen-bond acceptors (Lipinski definition) is 4. The highest BCUT2D eigenvalue weighted by atomic mass is 32.2. The highest BCUT2D eigenvalue weighted by Gasteiger charge is 2.28. The largest absolute Gasteiger partial charge is 0.493 e. The molecule has 106 valence electrons. The Hall–Kier alpha value is -1.31. The zero-order valence-corrected chi connectivity index (χ0v) is 11.9. The summed E-state index contributed by atoms with van der Waals surface area (Å²) in [6, 6.07) is 4.67. The summed E-state index contributed by atoms with van der Waals surface area (Å²) >= 11 is 0. The summed E-state index contributed by atoms with van der Waals surface area (Å²) in [6.07, 6.45) is 0. The van der Waals surface area contributed by atoms with E-state index in [4.69, 9.17) is 9.47 Å². The van der Waals surface area contributed by atoms with Crippen LogP contribution < -0.4 is 14.8 Å². The number of nitrogens with zero attached hydrogens (tertiary/aromatic N) is 1. The first-order valence-electron chi connectivity index (χ1n) is 6.13. The molecule has 2 N–H and O–H groups in total. The van der Waals surface area contributed by atoms with Gasteiger partial charge in [0.2, 0.25) is 10.0 Å². The van der Waals surface area contributed by atoms with Crippen LogP contribution in [0.5, 0.6) is 11.5 Å². The molecule has 1 heterocycles. The molecule has 0 aromatic heterocycles. The molecule has 1 aliphatic heterocycles. The third-order valence-electron chi connectivity index (χ3n) is 3.16. The molecule has 6 nitrogen and oxygen atoms in total. The molecular weight excluding hydrogens is 268 g/mol. The van der Waals surface area contributed by atoms with Crippen LogP contribution >= 0.6 is 0 Å². The first kappa shape index (κ1) is 14.1. The number of quaternary nitrogens is 1. The number of rotatable bonds is 4. The fourth-order valence-corrected chi connectivity index (χ4v) is 3.58. The molecule has 0 atom stereocenters. The molecule has 0 radical (unpaired) electrons. The predicted molar refractivity (Wildman–Crippen MR) is 70.0 cm³/mol. The smallest absolute Gasteiger partial charge is 0.243 e. The van der Waals surface area contributed by atoms with Gasteiger partial charge in [-0.05, 0) is 12.1 Å². The van der Waals surface area contributed by atoms with E-state index in [9.17, 15) is 8.42 Å². The summed E-state index contributed by atoms with van der Waals surface area (Å²) in [5.41, 5.74) is 0. The number of piperazine rings is 1. The molecule has 0 unspecified atom stereocenters. The predicted octanol–water partition coefficient (Wildman–Crippen LogP) is -0.728. The van der Waals surface area contributed by atoms with E-state index in [1.165, 1.54) is 24.6 Å². The Balaban J connectivity index is 2.34. The van der Waals surface area contributed by atoms with E-state index in [0.717, 1.165) is 13.1 Å².